The van der Waals surface area contributed by atoms with Crippen LogP contribution in [0, 0.1) is 11.6 Å². The molecule has 43 heavy (non-hydrogen) atoms. The molecular weight excluding hydrogens is 550 g/mol. The largest absolute Gasteiger partial charge is 0.494 e. The van der Waals surface area contributed by atoms with Crippen molar-refractivity contribution in [1.82, 2.24) is 5.32 Å². The van der Waals surface area contributed by atoms with Gasteiger partial charge in [-0.1, -0.05) is 78.9 Å². The Balaban J connectivity index is 1.50. The SMILES string of the molecule is O=C(NCc1ccc(F)c(F)c1)[C@]1(C/C=C/c2ccccc2)N=C(c2ccc(OCCCO)cc2)O[C@@H]1c1ccccc1. The molecule has 0 aromatic heterocycles. The third kappa shape index (κ3) is 7.16. The molecule has 0 aliphatic carbocycles. The van der Waals surface area contributed by atoms with Crippen LogP contribution in [-0.2, 0) is 16.1 Å². The van der Waals surface area contributed by atoms with Crippen molar-refractivity contribution in [3.05, 3.63) is 143 Å². The summed E-state index contributed by atoms with van der Waals surface area (Å²) in [6.07, 6.45) is 3.79. The number of carbonyl (C=O) groups excluding carboxylic acids is 1. The van der Waals surface area contributed by atoms with Crippen LogP contribution in [-0.4, -0.2) is 35.7 Å². The normalized spacial score (nSPS) is 17.8. The Labute approximate surface area is 249 Å². The van der Waals surface area contributed by atoms with Gasteiger partial charge in [-0.05, 0) is 53.1 Å². The molecule has 6 nitrogen and oxygen atoms in total. The summed E-state index contributed by atoms with van der Waals surface area (Å²) in [5.41, 5.74) is 1.41. The second kappa shape index (κ2) is 13.9. The van der Waals surface area contributed by atoms with Crippen LogP contribution < -0.4 is 10.1 Å². The monoisotopic (exact) mass is 582 g/mol. The van der Waals surface area contributed by atoms with E-state index in [-0.39, 0.29) is 19.6 Å². The predicted molar refractivity (Wildman–Crippen MR) is 161 cm³/mol. The molecule has 4 aromatic carbocycles. The Morgan fingerprint density at radius 1 is 0.953 bits per heavy atom. The van der Waals surface area contributed by atoms with Gasteiger partial charge in [0.25, 0.3) is 5.91 Å². The van der Waals surface area contributed by atoms with Crippen LogP contribution >= 0.6 is 0 Å². The van der Waals surface area contributed by atoms with Gasteiger partial charge in [-0.15, -0.1) is 0 Å². The van der Waals surface area contributed by atoms with Gasteiger partial charge in [0, 0.05) is 31.6 Å². The number of benzene rings is 4. The lowest BCUT2D eigenvalue weighted by Crippen LogP contribution is -2.47. The number of nitrogens with one attached hydrogen (secondary N) is 1. The Morgan fingerprint density at radius 2 is 1.67 bits per heavy atom. The highest BCUT2D eigenvalue weighted by Crippen LogP contribution is 2.43. The van der Waals surface area contributed by atoms with Gasteiger partial charge >= 0.3 is 0 Å². The van der Waals surface area contributed by atoms with E-state index in [1.165, 1.54) is 6.07 Å². The summed E-state index contributed by atoms with van der Waals surface area (Å²) in [6.45, 7) is 0.410. The topological polar surface area (TPSA) is 80.2 Å². The van der Waals surface area contributed by atoms with Gasteiger partial charge < -0.3 is 19.9 Å². The highest BCUT2D eigenvalue weighted by atomic mass is 19.2. The fraction of sp³-hybridized carbons (Fsp3) is 0.200. The number of amides is 1. The first-order chi connectivity index (χ1) is 21.0. The maximum absolute atomic E-state index is 14.2. The minimum atomic E-state index is -1.41. The van der Waals surface area contributed by atoms with Crippen molar-refractivity contribution in [2.45, 2.75) is 31.0 Å². The molecule has 220 valence electrons. The van der Waals surface area contributed by atoms with E-state index in [0.29, 0.717) is 35.8 Å². The van der Waals surface area contributed by atoms with Gasteiger partial charge in [-0.3, -0.25) is 4.79 Å². The van der Waals surface area contributed by atoms with Crippen molar-refractivity contribution in [2.75, 3.05) is 13.2 Å². The number of halogens is 2. The lowest BCUT2D eigenvalue weighted by Gasteiger charge is -2.29. The molecule has 4 aromatic rings. The highest BCUT2D eigenvalue weighted by molar-refractivity contribution is 6.01. The van der Waals surface area contributed by atoms with Gasteiger partial charge in [-0.2, -0.15) is 0 Å². The van der Waals surface area contributed by atoms with E-state index in [2.05, 4.69) is 5.32 Å². The van der Waals surface area contributed by atoms with Crippen LogP contribution in [0.5, 0.6) is 5.75 Å². The van der Waals surface area contributed by atoms with Crippen molar-refractivity contribution in [3.63, 3.8) is 0 Å². The molecule has 0 saturated heterocycles. The van der Waals surface area contributed by atoms with Crippen LogP contribution in [0.4, 0.5) is 8.78 Å². The number of hydrogen-bond donors (Lipinski definition) is 2. The lowest BCUT2D eigenvalue weighted by atomic mass is 9.84. The molecular formula is C35H32F2N2O4. The lowest BCUT2D eigenvalue weighted by molar-refractivity contribution is -0.129. The van der Waals surface area contributed by atoms with Crippen LogP contribution in [0.3, 0.4) is 0 Å². The summed E-state index contributed by atoms with van der Waals surface area (Å²) >= 11 is 0. The first-order valence-electron chi connectivity index (χ1n) is 14.1. The van der Waals surface area contributed by atoms with Crippen LogP contribution in [0.2, 0.25) is 0 Å². The number of rotatable bonds is 12. The van der Waals surface area contributed by atoms with E-state index in [1.807, 2.05) is 84.9 Å². The third-order valence-electron chi connectivity index (χ3n) is 7.11. The first kappa shape index (κ1) is 29.7. The quantitative estimate of drug-likeness (QED) is 0.190. The van der Waals surface area contributed by atoms with Crippen molar-refractivity contribution in [3.8, 4) is 5.75 Å². The minimum absolute atomic E-state index is 0.0214. The maximum atomic E-state index is 14.2. The number of aliphatic hydroxyl groups excluding tert-OH is 1. The van der Waals surface area contributed by atoms with Crippen molar-refractivity contribution in [2.24, 2.45) is 4.99 Å². The van der Waals surface area contributed by atoms with E-state index < -0.39 is 29.2 Å². The molecule has 0 spiro atoms. The molecule has 5 rings (SSSR count). The van der Waals surface area contributed by atoms with Gasteiger partial charge in [-0.25, -0.2) is 13.8 Å². The molecule has 0 bridgehead atoms. The molecule has 0 fully saturated rings. The summed E-state index contributed by atoms with van der Waals surface area (Å²) in [4.78, 5) is 19.1. The molecule has 0 saturated carbocycles. The van der Waals surface area contributed by atoms with E-state index >= 15 is 0 Å². The van der Waals surface area contributed by atoms with Crippen LogP contribution in [0.15, 0.2) is 114 Å². The zero-order valence-electron chi connectivity index (χ0n) is 23.5. The first-order valence-corrected chi connectivity index (χ1v) is 14.1. The van der Waals surface area contributed by atoms with Gasteiger partial charge in [0.1, 0.15) is 5.75 Å². The fourth-order valence-corrected chi connectivity index (χ4v) is 4.87. The van der Waals surface area contributed by atoms with Crippen LogP contribution in [0.1, 0.15) is 41.2 Å². The zero-order valence-corrected chi connectivity index (χ0v) is 23.5. The number of nitrogens with zero attached hydrogens (tertiary/aromatic N) is 1. The fourth-order valence-electron chi connectivity index (χ4n) is 4.87. The van der Waals surface area contributed by atoms with Gasteiger partial charge in [0.05, 0.1) is 6.61 Å². The minimum Gasteiger partial charge on any atom is -0.494 e. The standard InChI is InChI=1S/C35H32F2N2O4/c36-30-19-14-26(23-31(30)37)24-38-34(41)35(20-7-11-25-9-3-1-4-10-25)32(27-12-5-2-6-13-27)43-33(39-35)28-15-17-29(18-16-28)42-22-8-21-40/h1-7,9-19,23,32,40H,8,20-22,24H2,(H,38,41)/b11-7+/t32-,35-/m1/s1. The molecule has 2 atom stereocenters. The van der Waals surface area contributed by atoms with E-state index in [1.54, 1.807) is 12.1 Å². The second-order valence-corrected chi connectivity index (χ2v) is 10.1. The molecule has 1 aliphatic heterocycles. The van der Waals surface area contributed by atoms with Gasteiger partial charge in [0.15, 0.2) is 23.3 Å². The van der Waals surface area contributed by atoms with Crippen LogP contribution in [0.25, 0.3) is 6.08 Å². The molecule has 1 aliphatic rings. The van der Waals surface area contributed by atoms with E-state index in [9.17, 15) is 13.6 Å². The summed E-state index contributed by atoms with van der Waals surface area (Å²) in [5, 5.41) is 11.9. The Morgan fingerprint density at radius 3 is 2.37 bits per heavy atom. The molecule has 2 N–H and O–H groups in total. The molecule has 0 radical (unpaired) electrons. The van der Waals surface area contributed by atoms with Gasteiger partial charge in [0.2, 0.25) is 5.90 Å². The van der Waals surface area contributed by atoms with Crippen molar-refractivity contribution in [1.29, 1.82) is 0 Å². The molecule has 1 heterocycles. The summed E-state index contributed by atoms with van der Waals surface area (Å²) < 4.78 is 39.5. The smallest absolute Gasteiger partial charge is 0.252 e. The van der Waals surface area contributed by atoms with Crippen molar-refractivity contribution >= 4 is 17.9 Å². The van der Waals surface area contributed by atoms with E-state index in [4.69, 9.17) is 19.6 Å². The molecule has 0 unspecified atom stereocenters. The molecule has 1 amide bonds. The highest BCUT2D eigenvalue weighted by Gasteiger charge is 2.52. The maximum Gasteiger partial charge on any atom is 0.252 e. The molecule has 8 heteroatoms. The Hall–Kier alpha value is -4.82. The predicted octanol–water partition coefficient (Wildman–Crippen LogP) is 6.40. The number of aliphatic imine (C=N–C) groups is 1. The van der Waals surface area contributed by atoms with E-state index in [0.717, 1.165) is 23.3 Å². The Bertz CT molecular complexity index is 1580. The zero-order chi connectivity index (χ0) is 30.1. The number of carbonyl (C=O) groups is 1. The van der Waals surface area contributed by atoms with Crippen molar-refractivity contribution < 1.29 is 28.2 Å². The number of ether oxygens (including phenoxy) is 2. The average Bonchev–Trinajstić information content (AvgIpc) is 3.43. The summed E-state index contributed by atoms with van der Waals surface area (Å²) in [5.74, 6) is -1.42. The summed E-state index contributed by atoms with van der Waals surface area (Å²) in [7, 11) is 0. The third-order valence-corrected chi connectivity index (χ3v) is 7.11. The second-order valence-electron chi connectivity index (χ2n) is 10.1. The Kier molecular flexibility index (Phi) is 9.59. The number of hydrogen-bond acceptors (Lipinski definition) is 5. The summed E-state index contributed by atoms with van der Waals surface area (Å²) in [6, 6.07) is 29.9. The average molecular weight is 583 g/mol. The number of aliphatic hydroxyl groups is 1.